The van der Waals surface area contributed by atoms with Crippen molar-refractivity contribution in [3.63, 3.8) is 0 Å². The Bertz CT molecular complexity index is 288. The average molecular weight is 244 g/mol. The summed E-state index contributed by atoms with van der Waals surface area (Å²) in [5.74, 6) is 0.937. The van der Waals surface area contributed by atoms with Gasteiger partial charge in [-0.2, -0.15) is 0 Å². The Morgan fingerprint density at radius 3 is 2.62 bits per heavy atom. The van der Waals surface area contributed by atoms with Crippen molar-refractivity contribution in [3.05, 3.63) is 23.8 Å². The molecular weight excluding hydrogens is 230 g/mol. The third-order valence-electron chi connectivity index (χ3n) is 2.00. The molecule has 1 rings (SSSR count). The molecule has 0 saturated heterocycles. The highest BCUT2D eigenvalue weighted by Crippen LogP contribution is 2.23. The second-order valence-electron chi connectivity index (χ2n) is 2.97. The van der Waals surface area contributed by atoms with Crippen LogP contribution < -0.4 is 9.64 Å². The first kappa shape index (κ1) is 10.4. The summed E-state index contributed by atoms with van der Waals surface area (Å²) in [6, 6.07) is 6.15. The van der Waals surface area contributed by atoms with Crippen LogP contribution in [0.1, 0.15) is 5.56 Å². The summed E-state index contributed by atoms with van der Waals surface area (Å²) < 4.78 is 5.18. The molecule has 0 amide bonds. The van der Waals surface area contributed by atoms with Crippen LogP contribution in [0.15, 0.2) is 18.2 Å². The number of rotatable bonds is 3. The maximum Gasteiger partial charge on any atom is 0.121 e. The molecule has 0 unspecified atom stereocenters. The molecule has 0 saturated carbocycles. The van der Waals surface area contributed by atoms with E-state index < -0.39 is 0 Å². The number of ether oxygens (including phenoxy) is 1. The van der Waals surface area contributed by atoms with Gasteiger partial charge in [0.05, 0.1) is 12.6 Å². The lowest BCUT2D eigenvalue weighted by atomic mass is 10.2. The van der Waals surface area contributed by atoms with E-state index in [-0.39, 0.29) is 0 Å². The smallest absolute Gasteiger partial charge is 0.121 e. The van der Waals surface area contributed by atoms with Gasteiger partial charge in [-0.05, 0) is 30.7 Å². The van der Waals surface area contributed by atoms with E-state index in [1.165, 1.54) is 5.69 Å². The van der Waals surface area contributed by atoms with Crippen LogP contribution in [0, 0.1) is 6.92 Å². The van der Waals surface area contributed by atoms with Crippen LogP contribution in [0.2, 0.25) is 0 Å². The molecule has 13 heavy (non-hydrogen) atoms. The van der Waals surface area contributed by atoms with Crippen LogP contribution in [0.4, 0.5) is 5.69 Å². The highest BCUT2D eigenvalue weighted by Gasteiger charge is 2.02. The molecule has 0 bridgehead atoms. The summed E-state index contributed by atoms with van der Waals surface area (Å²) in [6.45, 7) is 2.05. The van der Waals surface area contributed by atoms with E-state index in [0.29, 0.717) is 0 Å². The maximum atomic E-state index is 5.18. The number of methoxy groups -OCH3 is 1. The third kappa shape index (κ3) is 2.37. The van der Waals surface area contributed by atoms with E-state index in [2.05, 4.69) is 26.9 Å². The van der Waals surface area contributed by atoms with Crippen molar-refractivity contribution in [3.8, 4) is 5.75 Å². The van der Waals surface area contributed by atoms with Crippen molar-refractivity contribution >= 4 is 21.6 Å². The van der Waals surface area contributed by atoms with Crippen molar-refractivity contribution in [2.45, 2.75) is 6.92 Å². The molecule has 0 N–H and O–H groups in total. The van der Waals surface area contributed by atoms with Crippen LogP contribution in [0.3, 0.4) is 0 Å². The van der Waals surface area contributed by atoms with E-state index in [1.54, 1.807) is 7.11 Å². The summed E-state index contributed by atoms with van der Waals surface area (Å²) in [5, 5.41) is 0. The highest BCUT2D eigenvalue weighted by atomic mass is 79.9. The Hall–Kier alpha value is -0.700. The lowest BCUT2D eigenvalue weighted by Crippen LogP contribution is -2.13. The van der Waals surface area contributed by atoms with Gasteiger partial charge in [0.2, 0.25) is 0 Å². The molecular formula is C10H14BrNO. The number of benzene rings is 1. The zero-order chi connectivity index (χ0) is 9.84. The second kappa shape index (κ2) is 4.51. The standard InChI is InChI=1S/C10H14BrNO/c1-8-6-9(12(2)7-11)4-5-10(8)13-3/h4-6H,7H2,1-3H3. The predicted molar refractivity (Wildman–Crippen MR) is 59.9 cm³/mol. The molecule has 1 aromatic carbocycles. The first-order chi connectivity index (χ1) is 6.19. The fraction of sp³-hybridized carbons (Fsp3) is 0.400. The van der Waals surface area contributed by atoms with E-state index >= 15 is 0 Å². The Labute approximate surface area is 87.6 Å². The largest absolute Gasteiger partial charge is 0.496 e. The molecule has 0 aliphatic heterocycles. The van der Waals surface area contributed by atoms with Crippen LogP contribution in [-0.4, -0.2) is 19.6 Å². The van der Waals surface area contributed by atoms with Crippen LogP contribution in [0.25, 0.3) is 0 Å². The van der Waals surface area contributed by atoms with Gasteiger partial charge < -0.3 is 9.64 Å². The molecule has 0 aromatic heterocycles. The maximum absolute atomic E-state index is 5.18. The second-order valence-corrected chi connectivity index (χ2v) is 3.47. The summed E-state index contributed by atoms with van der Waals surface area (Å²) >= 11 is 3.41. The normalized spacial score (nSPS) is 9.85. The minimum absolute atomic E-state index is 0.832. The van der Waals surface area contributed by atoms with Crippen LogP contribution in [-0.2, 0) is 0 Å². The zero-order valence-electron chi connectivity index (χ0n) is 8.17. The van der Waals surface area contributed by atoms with E-state index in [4.69, 9.17) is 4.74 Å². The fourth-order valence-corrected chi connectivity index (χ4v) is 1.46. The lowest BCUT2D eigenvalue weighted by molar-refractivity contribution is 0.411. The lowest BCUT2D eigenvalue weighted by Gasteiger charge is -2.17. The van der Waals surface area contributed by atoms with Gasteiger partial charge in [-0.3, -0.25) is 0 Å². The Balaban J connectivity index is 2.95. The third-order valence-corrected chi connectivity index (χ3v) is 2.75. The number of hydrogen-bond donors (Lipinski definition) is 0. The monoisotopic (exact) mass is 243 g/mol. The van der Waals surface area contributed by atoms with E-state index in [0.717, 1.165) is 16.8 Å². The first-order valence-electron chi connectivity index (χ1n) is 4.10. The van der Waals surface area contributed by atoms with Crippen molar-refractivity contribution in [2.24, 2.45) is 0 Å². The molecule has 0 aliphatic carbocycles. The van der Waals surface area contributed by atoms with Crippen molar-refractivity contribution < 1.29 is 4.74 Å². The Kier molecular flexibility index (Phi) is 3.60. The summed E-state index contributed by atoms with van der Waals surface area (Å²) in [5.41, 5.74) is 3.18. The molecule has 0 fully saturated rings. The highest BCUT2D eigenvalue weighted by molar-refractivity contribution is 9.09. The molecule has 0 radical (unpaired) electrons. The average Bonchev–Trinajstić information content (AvgIpc) is 2.16. The van der Waals surface area contributed by atoms with E-state index in [1.807, 2.05) is 26.1 Å². The van der Waals surface area contributed by atoms with Gasteiger partial charge in [0.15, 0.2) is 0 Å². The van der Waals surface area contributed by atoms with Gasteiger partial charge in [0.1, 0.15) is 5.75 Å². The number of aryl methyl sites for hydroxylation is 1. The minimum Gasteiger partial charge on any atom is -0.496 e. The minimum atomic E-state index is 0.832. The van der Waals surface area contributed by atoms with Crippen LogP contribution >= 0.6 is 15.9 Å². The molecule has 0 spiro atoms. The van der Waals surface area contributed by atoms with Crippen molar-refractivity contribution in [1.82, 2.24) is 0 Å². The Morgan fingerprint density at radius 1 is 1.46 bits per heavy atom. The van der Waals surface area contributed by atoms with Crippen molar-refractivity contribution in [2.75, 3.05) is 24.5 Å². The number of hydrogen-bond acceptors (Lipinski definition) is 2. The summed E-state index contributed by atoms with van der Waals surface area (Å²) in [4.78, 5) is 2.12. The van der Waals surface area contributed by atoms with Gasteiger partial charge in [-0.15, -0.1) is 0 Å². The van der Waals surface area contributed by atoms with Crippen molar-refractivity contribution in [1.29, 1.82) is 0 Å². The molecule has 0 heterocycles. The number of nitrogens with zero attached hydrogens (tertiary/aromatic N) is 1. The van der Waals surface area contributed by atoms with E-state index in [9.17, 15) is 0 Å². The predicted octanol–water partition coefficient (Wildman–Crippen LogP) is 2.79. The number of alkyl halides is 1. The molecule has 0 aliphatic rings. The summed E-state index contributed by atoms with van der Waals surface area (Å²) in [6.07, 6.45) is 0. The van der Waals surface area contributed by atoms with Crippen LogP contribution in [0.5, 0.6) is 5.75 Å². The SMILES string of the molecule is COc1ccc(N(C)CBr)cc1C. The number of halogens is 1. The quantitative estimate of drug-likeness (QED) is 0.598. The van der Waals surface area contributed by atoms with Gasteiger partial charge >= 0.3 is 0 Å². The van der Waals surface area contributed by atoms with Gasteiger partial charge in [-0.25, -0.2) is 0 Å². The van der Waals surface area contributed by atoms with Gasteiger partial charge in [0.25, 0.3) is 0 Å². The molecule has 0 atom stereocenters. The fourth-order valence-electron chi connectivity index (χ4n) is 1.17. The zero-order valence-corrected chi connectivity index (χ0v) is 9.76. The van der Waals surface area contributed by atoms with Gasteiger partial charge in [0, 0.05) is 12.7 Å². The molecule has 2 nitrogen and oxygen atoms in total. The summed E-state index contributed by atoms with van der Waals surface area (Å²) in [7, 11) is 3.73. The molecule has 3 heteroatoms. The first-order valence-corrected chi connectivity index (χ1v) is 5.23. The Morgan fingerprint density at radius 2 is 2.15 bits per heavy atom. The molecule has 72 valence electrons. The van der Waals surface area contributed by atoms with Gasteiger partial charge in [-0.1, -0.05) is 15.9 Å². The number of anilines is 1. The topological polar surface area (TPSA) is 12.5 Å². The molecule has 1 aromatic rings.